The Balaban J connectivity index is 1.74. The van der Waals surface area contributed by atoms with Gasteiger partial charge in [0.1, 0.15) is 11.6 Å². The van der Waals surface area contributed by atoms with Crippen LogP contribution in [-0.2, 0) is 28.7 Å². The van der Waals surface area contributed by atoms with Crippen molar-refractivity contribution in [1.29, 1.82) is 0 Å². The zero-order valence-electron chi connectivity index (χ0n) is 18.2. The molecule has 2 N–H and O–H groups in total. The number of hydrogen-bond donors (Lipinski definition) is 1. The SMILES string of the molecule is COc1nc2c(c(N3CCOCC(C)C3)n1)COC(c1cc(N)nc(C)c1C(F)(F)F)C2. The van der Waals surface area contributed by atoms with Crippen LogP contribution in [0.15, 0.2) is 6.07 Å². The molecule has 2 aliphatic rings. The molecule has 0 amide bonds. The Bertz CT molecular complexity index is 1000. The van der Waals surface area contributed by atoms with Gasteiger partial charge in [0.15, 0.2) is 0 Å². The molecule has 2 unspecified atom stereocenters. The summed E-state index contributed by atoms with van der Waals surface area (Å²) in [6, 6.07) is 1.40. The van der Waals surface area contributed by atoms with Gasteiger partial charge in [0, 0.05) is 25.1 Å². The second kappa shape index (κ2) is 8.70. The monoisotopic (exact) mass is 453 g/mol. The summed E-state index contributed by atoms with van der Waals surface area (Å²) in [5, 5.41) is 0. The minimum absolute atomic E-state index is 0.0133. The smallest absolute Gasteiger partial charge is 0.418 e. The summed E-state index contributed by atoms with van der Waals surface area (Å²) >= 11 is 0. The predicted octanol–water partition coefficient (Wildman–Crippen LogP) is 3.08. The van der Waals surface area contributed by atoms with Gasteiger partial charge in [-0.15, -0.1) is 0 Å². The highest BCUT2D eigenvalue weighted by atomic mass is 19.4. The molecule has 174 valence electrons. The molecule has 4 heterocycles. The van der Waals surface area contributed by atoms with Crippen molar-refractivity contribution in [2.24, 2.45) is 5.92 Å². The normalized spacial score (nSPS) is 21.8. The van der Waals surface area contributed by atoms with E-state index in [9.17, 15) is 13.2 Å². The number of aromatic nitrogens is 3. The van der Waals surface area contributed by atoms with Gasteiger partial charge in [0.2, 0.25) is 0 Å². The van der Waals surface area contributed by atoms with Crippen LogP contribution in [0.3, 0.4) is 0 Å². The van der Waals surface area contributed by atoms with Gasteiger partial charge in [0.05, 0.1) is 50.0 Å². The molecule has 11 heteroatoms. The van der Waals surface area contributed by atoms with E-state index in [1.54, 1.807) is 0 Å². The van der Waals surface area contributed by atoms with Crippen LogP contribution in [0.25, 0.3) is 0 Å². The highest BCUT2D eigenvalue weighted by Crippen LogP contribution is 2.42. The van der Waals surface area contributed by atoms with E-state index in [1.165, 1.54) is 20.1 Å². The van der Waals surface area contributed by atoms with Crippen LogP contribution in [0.2, 0.25) is 0 Å². The standard InChI is InChI=1S/C21H26F3N5O3/c1-11-8-29(4-5-31-9-11)19-14-10-32-16(7-15(14)27-20(28-19)30-3)13-6-17(25)26-12(2)18(13)21(22,23)24/h6,11,16H,4-5,7-10H2,1-3H3,(H2,25,26). The second-order valence-corrected chi connectivity index (χ2v) is 8.18. The molecule has 0 aliphatic carbocycles. The molecule has 0 aromatic carbocycles. The minimum Gasteiger partial charge on any atom is -0.467 e. The number of nitrogen functional groups attached to an aromatic ring is 1. The molecule has 32 heavy (non-hydrogen) atoms. The fourth-order valence-corrected chi connectivity index (χ4v) is 4.30. The number of anilines is 2. The Hall–Kier alpha value is -2.66. The van der Waals surface area contributed by atoms with Crippen LogP contribution in [0.1, 0.15) is 41.1 Å². The Morgan fingerprint density at radius 2 is 2.03 bits per heavy atom. The number of nitrogens with two attached hydrogens (primary N) is 1. The molecule has 2 aromatic heterocycles. The van der Waals surface area contributed by atoms with E-state index >= 15 is 0 Å². The molecular weight excluding hydrogens is 427 g/mol. The third kappa shape index (κ3) is 4.44. The van der Waals surface area contributed by atoms with Gasteiger partial charge < -0.3 is 24.8 Å². The number of ether oxygens (including phenoxy) is 3. The quantitative estimate of drug-likeness (QED) is 0.758. The molecule has 0 bridgehead atoms. The van der Waals surface area contributed by atoms with Gasteiger partial charge >= 0.3 is 12.2 Å². The van der Waals surface area contributed by atoms with Crippen molar-refractivity contribution in [2.45, 2.75) is 39.2 Å². The van der Waals surface area contributed by atoms with Crippen LogP contribution < -0.4 is 15.4 Å². The molecule has 2 aliphatic heterocycles. The number of nitrogens with zero attached hydrogens (tertiary/aromatic N) is 4. The predicted molar refractivity (Wildman–Crippen MR) is 110 cm³/mol. The number of pyridine rings is 1. The van der Waals surface area contributed by atoms with Crippen molar-refractivity contribution < 1.29 is 27.4 Å². The van der Waals surface area contributed by atoms with Crippen molar-refractivity contribution in [1.82, 2.24) is 15.0 Å². The first-order chi connectivity index (χ1) is 15.2. The summed E-state index contributed by atoms with van der Waals surface area (Å²) in [5.41, 5.74) is 6.09. The van der Waals surface area contributed by atoms with Gasteiger partial charge in [0.25, 0.3) is 0 Å². The number of fused-ring (bicyclic) bond motifs is 1. The van der Waals surface area contributed by atoms with Gasteiger partial charge in [-0.25, -0.2) is 4.98 Å². The van der Waals surface area contributed by atoms with E-state index in [1.807, 2.05) is 0 Å². The Labute approximate surface area is 183 Å². The topological polar surface area (TPSA) is 95.6 Å². The maximum atomic E-state index is 13.8. The maximum Gasteiger partial charge on any atom is 0.418 e. The zero-order valence-corrected chi connectivity index (χ0v) is 18.2. The van der Waals surface area contributed by atoms with Gasteiger partial charge in [-0.05, 0) is 24.5 Å². The lowest BCUT2D eigenvalue weighted by Crippen LogP contribution is -2.32. The van der Waals surface area contributed by atoms with Crippen molar-refractivity contribution >= 4 is 11.6 Å². The van der Waals surface area contributed by atoms with Crippen LogP contribution in [-0.4, -0.2) is 48.4 Å². The Morgan fingerprint density at radius 3 is 2.75 bits per heavy atom. The molecule has 2 aromatic rings. The van der Waals surface area contributed by atoms with Crippen LogP contribution >= 0.6 is 0 Å². The van der Waals surface area contributed by atoms with Crippen LogP contribution in [0.5, 0.6) is 6.01 Å². The van der Waals surface area contributed by atoms with E-state index in [0.717, 1.165) is 12.1 Å². The maximum absolute atomic E-state index is 13.8. The number of halogens is 3. The Kier molecular flexibility index (Phi) is 6.13. The highest BCUT2D eigenvalue weighted by Gasteiger charge is 2.40. The van der Waals surface area contributed by atoms with Gasteiger partial charge in [-0.3, -0.25) is 0 Å². The number of hydrogen-bond acceptors (Lipinski definition) is 8. The summed E-state index contributed by atoms with van der Waals surface area (Å²) in [6.45, 7) is 6.04. The minimum atomic E-state index is -4.58. The lowest BCUT2D eigenvalue weighted by atomic mass is 9.94. The van der Waals surface area contributed by atoms with Crippen LogP contribution in [0, 0.1) is 12.8 Å². The number of aryl methyl sites for hydroxylation is 1. The third-order valence-corrected chi connectivity index (χ3v) is 5.66. The second-order valence-electron chi connectivity index (χ2n) is 8.18. The van der Waals surface area contributed by atoms with Crippen molar-refractivity contribution in [3.8, 4) is 6.01 Å². The average Bonchev–Trinajstić information content (AvgIpc) is 2.95. The van der Waals surface area contributed by atoms with Crippen molar-refractivity contribution in [3.63, 3.8) is 0 Å². The fourth-order valence-electron chi connectivity index (χ4n) is 4.30. The summed E-state index contributed by atoms with van der Waals surface area (Å²) in [7, 11) is 1.46. The first-order valence-corrected chi connectivity index (χ1v) is 10.4. The molecule has 2 atom stereocenters. The summed E-state index contributed by atoms with van der Waals surface area (Å²) < 4.78 is 58.2. The fraction of sp³-hybridized carbons (Fsp3) is 0.571. The number of rotatable bonds is 3. The largest absolute Gasteiger partial charge is 0.467 e. The van der Waals surface area contributed by atoms with Gasteiger partial charge in [-0.1, -0.05) is 6.92 Å². The van der Waals surface area contributed by atoms with Crippen molar-refractivity contribution in [3.05, 3.63) is 34.1 Å². The summed E-state index contributed by atoms with van der Waals surface area (Å²) in [6.07, 6.45) is -5.32. The van der Waals surface area contributed by atoms with E-state index < -0.39 is 17.8 Å². The lowest BCUT2D eigenvalue weighted by molar-refractivity contribution is -0.140. The molecule has 4 rings (SSSR count). The molecular formula is C21H26F3N5O3. The highest BCUT2D eigenvalue weighted by molar-refractivity contribution is 5.52. The average molecular weight is 453 g/mol. The summed E-state index contributed by atoms with van der Waals surface area (Å²) in [5.74, 6) is 0.979. The Morgan fingerprint density at radius 1 is 1.25 bits per heavy atom. The first-order valence-electron chi connectivity index (χ1n) is 10.4. The molecule has 8 nitrogen and oxygen atoms in total. The van der Waals surface area contributed by atoms with E-state index in [2.05, 4.69) is 26.8 Å². The molecule has 1 saturated heterocycles. The van der Waals surface area contributed by atoms with E-state index in [0.29, 0.717) is 37.2 Å². The molecule has 0 spiro atoms. The zero-order chi connectivity index (χ0) is 23.0. The lowest BCUT2D eigenvalue weighted by Gasteiger charge is -2.32. The van der Waals surface area contributed by atoms with E-state index in [-0.39, 0.29) is 36.1 Å². The summed E-state index contributed by atoms with van der Waals surface area (Å²) in [4.78, 5) is 14.9. The van der Waals surface area contributed by atoms with E-state index in [4.69, 9.17) is 19.9 Å². The first kappa shape index (κ1) is 22.5. The molecule has 0 saturated carbocycles. The van der Waals surface area contributed by atoms with Crippen molar-refractivity contribution in [2.75, 3.05) is 44.0 Å². The molecule has 0 radical (unpaired) electrons. The number of methoxy groups -OCH3 is 1. The number of alkyl halides is 3. The van der Waals surface area contributed by atoms with Gasteiger partial charge in [-0.2, -0.15) is 23.1 Å². The molecule has 1 fully saturated rings. The third-order valence-electron chi connectivity index (χ3n) is 5.66. The van der Waals surface area contributed by atoms with Crippen LogP contribution in [0.4, 0.5) is 24.8 Å².